The molecule has 0 aromatic heterocycles. The van der Waals surface area contributed by atoms with E-state index in [1.165, 1.54) is 19.2 Å². The number of hydrogen-bond acceptors (Lipinski definition) is 4. The number of benzene rings is 2. The number of halogens is 1. The number of rotatable bonds is 6. The van der Waals surface area contributed by atoms with Crippen molar-refractivity contribution < 1.29 is 14.7 Å². The van der Waals surface area contributed by atoms with Crippen molar-refractivity contribution in [2.24, 2.45) is 0 Å². The van der Waals surface area contributed by atoms with Crippen LogP contribution in [-0.2, 0) is 17.1 Å². The molecule has 0 fully saturated rings. The van der Waals surface area contributed by atoms with E-state index < -0.39 is 17.9 Å². The Hall–Kier alpha value is -3.04. The topological polar surface area (TPSA) is 93.4 Å². The van der Waals surface area contributed by atoms with E-state index in [9.17, 15) is 14.7 Å². The molecule has 2 N–H and O–H groups in total. The lowest BCUT2D eigenvalue weighted by Gasteiger charge is -2.20. The summed E-state index contributed by atoms with van der Waals surface area (Å²) in [5, 5.41) is 21.0. The minimum Gasteiger partial charge on any atom is -0.508 e. The second kappa shape index (κ2) is 8.88. The third-order valence-electron chi connectivity index (χ3n) is 3.83. The maximum absolute atomic E-state index is 12.5. The Bertz CT molecular complexity index is 813. The molecule has 0 bridgehead atoms. The molecule has 2 aromatic carbocycles. The van der Waals surface area contributed by atoms with Crippen molar-refractivity contribution in [3.63, 3.8) is 0 Å². The molecule has 0 spiro atoms. The van der Waals surface area contributed by atoms with Crippen molar-refractivity contribution in [2.75, 3.05) is 7.05 Å². The van der Waals surface area contributed by atoms with Crippen molar-refractivity contribution in [1.29, 1.82) is 5.26 Å². The molecule has 2 rings (SSSR count). The van der Waals surface area contributed by atoms with Gasteiger partial charge in [-0.2, -0.15) is 5.26 Å². The van der Waals surface area contributed by atoms with Gasteiger partial charge in [-0.05, 0) is 35.4 Å². The van der Waals surface area contributed by atoms with Gasteiger partial charge in [0.25, 0.3) is 11.8 Å². The highest BCUT2D eigenvalue weighted by Gasteiger charge is 2.25. The standard InChI is InChI=1S/C19H18ClN3O3/c1-23(12-21)19(26)17(10-13-4-8-16(24)9-5-13)22-18(25)15-6-2-14(11-20)3-7-15/h2-9,17,24H,10-11H2,1H3,(H,22,25). The van der Waals surface area contributed by atoms with Gasteiger partial charge in [-0.1, -0.05) is 24.3 Å². The van der Waals surface area contributed by atoms with Gasteiger partial charge in [0.1, 0.15) is 11.8 Å². The van der Waals surface area contributed by atoms with Crippen LogP contribution in [-0.4, -0.2) is 34.9 Å². The zero-order valence-electron chi connectivity index (χ0n) is 14.1. The Labute approximate surface area is 156 Å². The van der Waals surface area contributed by atoms with E-state index in [1.54, 1.807) is 42.6 Å². The Morgan fingerprint density at radius 2 is 1.73 bits per heavy atom. The molecule has 2 aromatic rings. The molecule has 0 heterocycles. The molecule has 0 saturated carbocycles. The van der Waals surface area contributed by atoms with Crippen molar-refractivity contribution in [1.82, 2.24) is 10.2 Å². The number of amides is 2. The van der Waals surface area contributed by atoms with Crippen LogP contribution in [0.5, 0.6) is 5.75 Å². The number of carbonyl (C=O) groups is 2. The maximum atomic E-state index is 12.5. The minimum absolute atomic E-state index is 0.106. The molecule has 0 aliphatic carbocycles. The molecule has 0 aliphatic rings. The first kappa shape index (κ1) is 19.3. The number of phenolic OH excluding ortho intramolecular Hbond substituents is 1. The normalized spacial score (nSPS) is 11.3. The molecule has 1 unspecified atom stereocenters. The fourth-order valence-corrected chi connectivity index (χ4v) is 2.52. The lowest BCUT2D eigenvalue weighted by Crippen LogP contribution is -2.47. The van der Waals surface area contributed by atoms with Crippen LogP contribution in [0.3, 0.4) is 0 Å². The molecule has 0 saturated heterocycles. The molecule has 2 amide bonds. The second-order valence-electron chi connectivity index (χ2n) is 5.72. The van der Waals surface area contributed by atoms with Gasteiger partial charge in [-0.25, -0.2) is 0 Å². The fraction of sp³-hybridized carbons (Fsp3) is 0.211. The van der Waals surface area contributed by atoms with Gasteiger partial charge >= 0.3 is 0 Å². The lowest BCUT2D eigenvalue weighted by atomic mass is 10.0. The molecule has 0 radical (unpaired) electrons. The number of nitrogens with one attached hydrogen (secondary N) is 1. The third-order valence-corrected chi connectivity index (χ3v) is 4.14. The van der Waals surface area contributed by atoms with E-state index in [1.807, 2.05) is 0 Å². The van der Waals surface area contributed by atoms with Gasteiger partial charge in [0.2, 0.25) is 0 Å². The van der Waals surface area contributed by atoms with Crippen molar-refractivity contribution >= 4 is 23.4 Å². The summed E-state index contributed by atoms with van der Waals surface area (Å²) in [7, 11) is 1.34. The van der Waals surface area contributed by atoms with Crippen LogP contribution in [0.25, 0.3) is 0 Å². The lowest BCUT2D eigenvalue weighted by molar-refractivity contribution is -0.129. The van der Waals surface area contributed by atoms with Crippen LogP contribution < -0.4 is 5.32 Å². The average molecular weight is 372 g/mol. The highest BCUT2D eigenvalue weighted by molar-refractivity contribution is 6.17. The summed E-state index contributed by atoms with van der Waals surface area (Å²) in [6, 6.07) is 12.1. The van der Waals surface area contributed by atoms with Gasteiger partial charge in [0, 0.05) is 24.9 Å². The van der Waals surface area contributed by atoms with E-state index >= 15 is 0 Å². The molecular formula is C19H18ClN3O3. The monoisotopic (exact) mass is 371 g/mol. The predicted octanol–water partition coefficient (Wildman–Crippen LogP) is 2.41. The number of nitriles is 1. The molecule has 6 nitrogen and oxygen atoms in total. The van der Waals surface area contributed by atoms with E-state index in [4.69, 9.17) is 16.9 Å². The Balaban J connectivity index is 2.19. The molecule has 1 atom stereocenters. The van der Waals surface area contributed by atoms with Crippen LogP contribution >= 0.6 is 11.6 Å². The summed E-state index contributed by atoms with van der Waals surface area (Å²) in [4.78, 5) is 25.8. The molecule has 7 heteroatoms. The number of alkyl halides is 1. The summed E-state index contributed by atoms with van der Waals surface area (Å²) >= 11 is 5.74. The number of likely N-dealkylation sites (N-methyl/N-ethyl adjacent to an activating group) is 1. The Morgan fingerprint density at radius 1 is 1.15 bits per heavy atom. The third kappa shape index (κ3) is 4.98. The quantitative estimate of drug-likeness (QED) is 0.463. The summed E-state index contributed by atoms with van der Waals surface area (Å²) in [6.45, 7) is 0. The highest BCUT2D eigenvalue weighted by Crippen LogP contribution is 2.13. The van der Waals surface area contributed by atoms with Crippen LogP contribution in [0.15, 0.2) is 48.5 Å². The zero-order valence-corrected chi connectivity index (χ0v) is 14.9. The highest BCUT2D eigenvalue weighted by atomic mass is 35.5. The van der Waals surface area contributed by atoms with Crippen LogP contribution in [0, 0.1) is 11.5 Å². The van der Waals surface area contributed by atoms with Gasteiger partial charge in [-0.15, -0.1) is 11.6 Å². The smallest absolute Gasteiger partial charge is 0.258 e. The SMILES string of the molecule is CN(C#N)C(=O)C(Cc1ccc(O)cc1)NC(=O)c1ccc(CCl)cc1. The van der Waals surface area contributed by atoms with E-state index in [0.717, 1.165) is 16.0 Å². The summed E-state index contributed by atoms with van der Waals surface area (Å²) < 4.78 is 0. The maximum Gasteiger partial charge on any atom is 0.258 e. The van der Waals surface area contributed by atoms with Crippen LogP contribution in [0.2, 0.25) is 0 Å². The Morgan fingerprint density at radius 3 is 2.27 bits per heavy atom. The first-order valence-electron chi connectivity index (χ1n) is 7.85. The number of nitrogens with zero attached hydrogens (tertiary/aromatic N) is 2. The van der Waals surface area contributed by atoms with Crippen LogP contribution in [0.1, 0.15) is 21.5 Å². The van der Waals surface area contributed by atoms with E-state index in [-0.39, 0.29) is 12.2 Å². The second-order valence-corrected chi connectivity index (χ2v) is 5.99. The predicted molar refractivity (Wildman–Crippen MR) is 97.4 cm³/mol. The first-order valence-corrected chi connectivity index (χ1v) is 8.39. The average Bonchev–Trinajstić information content (AvgIpc) is 2.67. The Kier molecular flexibility index (Phi) is 6.59. The largest absolute Gasteiger partial charge is 0.508 e. The molecular weight excluding hydrogens is 354 g/mol. The van der Waals surface area contributed by atoms with Crippen molar-refractivity contribution in [2.45, 2.75) is 18.3 Å². The van der Waals surface area contributed by atoms with E-state index in [0.29, 0.717) is 11.4 Å². The number of carbonyl (C=O) groups excluding carboxylic acids is 2. The minimum atomic E-state index is -0.913. The zero-order chi connectivity index (χ0) is 19.1. The van der Waals surface area contributed by atoms with Crippen LogP contribution in [0.4, 0.5) is 0 Å². The summed E-state index contributed by atoms with van der Waals surface area (Å²) in [5.41, 5.74) is 2.01. The summed E-state index contributed by atoms with van der Waals surface area (Å²) in [6.07, 6.45) is 1.94. The summed E-state index contributed by atoms with van der Waals surface area (Å²) in [5.74, 6) is -0.494. The van der Waals surface area contributed by atoms with Gasteiger partial charge < -0.3 is 10.4 Å². The van der Waals surface area contributed by atoms with Crippen molar-refractivity contribution in [3.8, 4) is 11.9 Å². The first-order chi connectivity index (χ1) is 12.4. The number of aromatic hydroxyl groups is 1. The molecule has 0 aliphatic heterocycles. The molecule has 134 valence electrons. The van der Waals surface area contributed by atoms with Gasteiger partial charge in [0.05, 0.1) is 0 Å². The van der Waals surface area contributed by atoms with Gasteiger partial charge in [-0.3, -0.25) is 14.5 Å². The van der Waals surface area contributed by atoms with Crippen molar-refractivity contribution in [3.05, 3.63) is 65.2 Å². The fourth-order valence-electron chi connectivity index (χ4n) is 2.34. The van der Waals surface area contributed by atoms with E-state index in [2.05, 4.69) is 5.32 Å². The number of phenols is 1. The molecule has 26 heavy (non-hydrogen) atoms. The van der Waals surface area contributed by atoms with Gasteiger partial charge in [0.15, 0.2) is 6.19 Å². The number of hydrogen-bond donors (Lipinski definition) is 2.